The molecule has 0 bridgehead atoms. The second-order valence-corrected chi connectivity index (χ2v) is 8.27. The molecule has 1 amide bonds. The monoisotopic (exact) mass is 407 g/mol. The quantitative estimate of drug-likeness (QED) is 0.679. The van der Waals surface area contributed by atoms with Crippen molar-refractivity contribution in [3.8, 4) is 11.3 Å². The van der Waals surface area contributed by atoms with E-state index in [0.717, 1.165) is 60.3 Å². The number of nitrogens with one attached hydrogen (secondary N) is 1. The number of carbonyl (C=O) groups excluding carboxylic acids is 1. The Balaban J connectivity index is 1.31. The van der Waals surface area contributed by atoms with Crippen molar-refractivity contribution in [2.75, 3.05) is 13.1 Å². The van der Waals surface area contributed by atoms with Crippen LogP contribution in [-0.4, -0.2) is 34.1 Å². The highest BCUT2D eigenvalue weighted by Crippen LogP contribution is 2.37. The Kier molecular flexibility index (Phi) is 4.85. The lowest BCUT2D eigenvalue weighted by Crippen LogP contribution is -2.41. The van der Waals surface area contributed by atoms with Crippen LogP contribution in [0.15, 0.2) is 48.5 Å². The molecule has 1 aliphatic heterocycles. The zero-order valence-corrected chi connectivity index (χ0v) is 16.6. The molecule has 4 nitrogen and oxygen atoms in total. The zero-order valence-electron chi connectivity index (χ0n) is 16.6. The lowest BCUT2D eigenvalue weighted by atomic mass is 9.92. The van der Waals surface area contributed by atoms with Crippen LogP contribution in [0.4, 0.5) is 8.78 Å². The fourth-order valence-electron chi connectivity index (χ4n) is 4.81. The maximum Gasteiger partial charge on any atom is 0.230 e. The van der Waals surface area contributed by atoms with Gasteiger partial charge >= 0.3 is 0 Å². The largest absolute Gasteiger partial charge is 0.342 e. The van der Waals surface area contributed by atoms with E-state index >= 15 is 0 Å². The first kappa shape index (κ1) is 19.0. The van der Waals surface area contributed by atoms with Crippen LogP contribution in [0, 0.1) is 11.6 Å². The number of benzene rings is 2. The van der Waals surface area contributed by atoms with E-state index in [1.165, 1.54) is 18.2 Å². The minimum absolute atomic E-state index is 0.142. The molecule has 0 saturated carbocycles. The van der Waals surface area contributed by atoms with Gasteiger partial charge in [-0.2, -0.15) is 5.10 Å². The van der Waals surface area contributed by atoms with Crippen LogP contribution in [0.3, 0.4) is 0 Å². The molecule has 2 aliphatic rings. The number of hydrogen-bond acceptors (Lipinski definition) is 2. The highest BCUT2D eigenvalue weighted by atomic mass is 19.1. The maximum absolute atomic E-state index is 13.5. The number of amides is 1. The van der Waals surface area contributed by atoms with Gasteiger partial charge in [-0.05, 0) is 79.3 Å². The van der Waals surface area contributed by atoms with E-state index in [9.17, 15) is 13.6 Å². The molecule has 1 saturated heterocycles. The number of halogens is 2. The first-order valence-corrected chi connectivity index (χ1v) is 10.5. The van der Waals surface area contributed by atoms with E-state index in [1.54, 1.807) is 24.3 Å². The molecule has 5 rings (SSSR count). The Morgan fingerprint density at radius 2 is 1.83 bits per heavy atom. The van der Waals surface area contributed by atoms with Crippen LogP contribution < -0.4 is 0 Å². The Labute approximate surface area is 173 Å². The Morgan fingerprint density at radius 1 is 1.03 bits per heavy atom. The van der Waals surface area contributed by atoms with Crippen molar-refractivity contribution in [1.29, 1.82) is 0 Å². The van der Waals surface area contributed by atoms with Crippen LogP contribution in [0.25, 0.3) is 11.3 Å². The molecular formula is C24H23F2N3O. The number of piperidine rings is 1. The smallest absolute Gasteiger partial charge is 0.230 e. The number of aromatic amines is 1. The average molecular weight is 407 g/mol. The van der Waals surface area contributed by atoms with E-state index in [-0.39, 0.29) is 29.4 Å². The number of aromatic nitrogens is 2. The molecule has 2 atom stereocenters. The molecule has 1 unspecified atom stereocenters. The van der Waals surface area contributed by atoms with Crippen LogP contribution >= 0.6 is 0 Å². The summed E-state index contributed by atoms with van der Waals surface area (Å²) in [6.07, 6.45) is 3.42. The van der Waals surface area contributed by atoms with Crippen molar-refractivity contribution in [2.45, 2.75) is 37.5 Å². The van der Waals surface area contributed by atoms with Crippen LogP contribution in [-0.2, 0) is 11.2 Å². The van der Waals surface area contributed by atoms with Gasteiger partial charge in [-0.25, -0.2) is 8.78 Å². The molecule has 1 aliphatic carbocycles. The van der Waals surface area contributed by atoms with Crippen molar-refractivity contribution in [2.24, 2.45) is 0 Å². The summed E-state index contributed by atoms with van der Waals surface area (Å²) in [7, 11) is 0. The number of hydrogen-bond donors (Lipinski definition) is 1. The molecule has 6 heteroatoms. The van der Waals surface area contributed by atoms with E-state index < -0.39 is 0 Å². The molecule has 0 spiro atoms. The second-order valence-electron chi connectivity index (χ2n) is 8.27. The van der Waals surface area contributed by atoms with Crippen LogP contribution in [0.1, 0.15) is 47.9 Å². The zero-order chi connectivity index (χ0) is 20.7. The van der Waals surface area contributed by atoms with Crippen molar-refractivity contribution in [3.05, 3.63) is 77.0 Å². The summed E-state index contributed by atoms with van der Waals surface area (Å²) < 4.78 is 26.7. The van der Waals surface area contributed by atoms with Gasteiger partial charge in [0.1, 0.15) is 11.6 Å². The Bertz CT molecular complexity index is 1080. The minimum atomic E-state index is -0.271. The minimum Gasteiger partial charge on any atom is -0.342 e. The first-order valence-electron chi connectivity index (χ1n) is 10.5. The Hall–Kier alpha value is -3.02. The number of nitrogens with zero attached hydrogens (tertiary/aromatic N) is 2. The van der Waals surface area contributed by atoms with E-state index in [4.69, 9.17) is 0 Å². The van der Waals surface area contributed by atoms with Crippen molar-refractivity contribution in [3.63, 3.8) is 0 Å². The summed E-state index contributed by atoms with van der Waals surface area (Å²) in [6.45, 7) is 1.40. The normalized spacial score (nSPS) is 20.9. The third-order valence-electron chi connectivity index (χ3n) is 6.39. The third-order valence-corrected chi connectivity index (χ3v) is 6.39. The average Bonchev–Trinajstić information content (AvgIpc) is 3.41. The number of rotatable bonds is 3. The molecule has 3 aromatic rings. The van der Waals surface area contributed by atoms with Gasteiger partial charge in [0.05, 0.1) is 11.6 Å². The van der Waals surface area contributed by atoms with Crippen molar-refractivity contribution in [1.82, 2.24) is 15.1 Å². The summed E-state index contributed by atoms with van der Waals surface area (Å²) in [5, 5.41) is 7.51. The van der Waals surface area contributed by atoms with E-state index in [0.29, 0.717) is 6.54 Å². The number of fused-ring (bicyclic) bond motifs is 1. The topological polar surface area (TPSA) is 49.0 Å². The fraction of sp³-hybridized carbons (Fsp3) is 0.333. The number of H-pyrrole nitrogens is 1. The molecule has 1 fully saturated rings. The standard InChI is InChI=1S/C24H23F2N3O/c25-18-6-3-15(4-7-18)22-13-23(28-27-22)17-2-1-11-29(14-17)24(30)21-9-5-16-12-19(26)8-10-20(16)21/h3-4,6-8,10,12-13,17,21H,1-2,5,9,11,14H2,(H,27,28)/t17-,21?/m0/s1. The summed E-state index contributed by atoms with van der Waals surface area (Å²) >= 11 is 0. The second kappa shape index (κ2) is 7.67. The van der Waals surface area contributed by atoms with Gasteiger partial charge in [0.2, 0.25) is 5.91 Å². The molecule has 2 heterocycles. The third kappa shape index (κ3) is 3.51. The predicted molar refractivity (Wildman–Crippen MR) is 110 cm³/mol. The summed E-state index contributed by atoms with van der Waals surface area (Å²) in [6, 6.07) is 13.1. The number of aryl methyl sites for hydroxylation is 1. The molecular weight excluding hydrogens is 384 g/mol. The summed E-state index contributed by atoms with van der Waals surface area (Å²) in [5.74, 6) is -0.346. The summed E-state index contributed by atoms with van der Waals surface area (Å²) in [5.41, 5.74) is 4.57. The number of likely N-dealkylation sites (tertiary alicyclic amines) is 1. The first-order chi connectivity index (χ1) is 14.6. The van der Waals surface area contributed by atoms with Crippen LogP contribution in [0.2, 0.25) is 0 Å². The SMILES string of the molecule is O=C(C1CCc2cc(F)ccc21)N1CCC[C@H](c2cc(-c3ccc(F)cc3)n[nH]2)C1. The van der Waals surface area contributed by atoms with Crippen LogP contribution in [0.5, 0.6) is 0 Å². The van der Waals surface area contributed by atoms with Gasteiger partial charge in [-0.3, -0.25) is 9.89 Å². The van der Waals surface area contributed by atoms with Gasteiger partial charge < -0.3 is 4.90 Å². The van der Waals surface area contributed by atoms with Gasteiger partial charge in [0.15, 0.2) is 0 Å². The van der Waals surface area contributed by atoms with E-state index in [2.05, 4.69) is 10.2 Å². The lowest BCUT2D eigenvalue weighted by molar-refractivity contribution is -0.134. The molecule has 1 N–H and O–H groups in total. The fourth-order valence-corrected chi connectivity index (χ4v) is 4.81. The molecule has 1 aromatic heterocycles. The van der Waals surface area contributed by atoms with Gasteiger partial charge in [-0.15, -0.1) is 0 Å². The van der Waals surface area contributed by atoms with Gasteiger partial charge in [0.25, 0.3) is 0 Å². The molecule has 0 radical (unpaired) electrons. The lowest BCUT2D eigenvalue weighted by Gasteiger charge is -2.34. The summed E-state index contributed by atoms with van der Waals surface area (Å²) in [4.78, 5) is 15.2. The Morgan fingerprint density at radius 3 is 2.67 bits per heavy atom. The van der Waals surface area contributed by atoms with Crippen molar-refractivity contribution >= 4 is 5.91 Å². The maximum atomic E-state index is 13.5. The molecule has 30 heavy (non-hydrogen) atoms. The predicted octanol–water partition coefficient (Wildman–Crippen LogP) is 4.79. The number of carbonyl (C=O) groups is 1. The van der Waals surface area contributed by atoms with E-state index in [1.807, 2.05) is 11.0 Å². The highest BCUT2D eigenvalue weighted by Gasteiger charge is 2.34. The molecule has 2 aromatic carbocycles. The van der Waals surface area contributed by atoms with Gasteiger partial charge in [0, 0.05) is 30.3 Å². The van der Waals surface area contributed by atoms with Crippen molar-refractivity contribution < 1.29 is 13.6 Å². The molecule has 154 valence electrons. The highest BCUT2D eigenvalue weighted by molar-refractivity contribution is 5.85. The van der Waals surface area contributed by atoms with Gasteiger partial charge in [-0.1, -0.05) is 6.07 Å².